The van der Waals surface area contributed by atoms with Gasteiger partial charge in [-0.15, -0.1) is 0 Å². The number of benzene rings is 2. The maximum Gasteiger partial charge on any atom is 0.130 e. The molecular weight excluding hydrogens is 282 g/mol. The number of allylic oxidation sites excluding steroid dienone is 1. The second-order valence-corrected chi connectivity index (χ2v) is 5.32. The smallest absolute Gasteiger partial charge is 0.130 e. The minimum Gasteiger partial charge on any atom is -0.367 e. The number of hydrogen-bond donors (Lipinski definition) is 0. The Hall–Kier alpha value is -3.04. The van der Waals surface area contributed by atoms with Gasteiger partial charge < -0.3 is 4.90 Å². The van der Waals surface area contributed by atoms with Gasteiger partial charge in [0, 0.05) is 18.8 Å². The molecule has 0 atom stereocenters. The standard InChI is InChI=1S/C20H19N3/c1-3-23(15-17-7-5-4-6-8-17)20-10-9-19(16(2)11-20)12-18(13-21)14-22/h4-12H,3,15H2,1-2H3. The van der Waals surface area contributed by atoms with Crippen LogP contribution in [0.2, 0.25) is 0 Å². The lowest BCUT2D eigenvalue weighted by Gasteiger charge is -2.24. The van der Waals surface area contributed by atoms with Crippen molar-refractivity contribution >= 4 is 11.8 Å². The molecule has 0 aliphatic heterocycles. The fraction of sp³-hybridized carbons (Fsp3) is 0.200. The summed E-state index contributed by atoms with van der Waals surface area (Å²) in [7, 11) is 0. The summed E-state index contributed by atoms with van der Waals surface area (Å²) in [6, 6.07) is 20.3. The normalized spacial score (nSPS) is 9.57. The van der Waals surface area contributed by atoms with Gasteiger partial charge in [-0.1, -0.05) is 36.4 Å². The second-order valence-electron chi connectivity index (χ2n) is 5.32. The van der Waals surface area contributed by atoms with Gasteiger partial charge in [-0.3, -0.25) is 0 Å². The van der Waals surface area contributed by atoms with Crippen LogP contribution >= 0.6 is 0 Å². The molecule has 0 amide bonds. The topological polar surface area (TPSA) is 50.8 Å². The minimum atomic E-state index is 0.123. The zero-order valence-electron chi connectivity index (χ0n) is 13.5. The highest BCUT2D eigenvalue weighted by Crippen LogP contribution is 2.22. The van der Waals surface area contributed by atoms with E-state index in [1.807, 2.05) is 49.4 Å². The third-order valence-corrected chi connectivity index (χ3v) is 3.76. The molecule has 2 aromatic rings. The Morgan fingerprint density at radius 1 is 1.09 bits per heavy atom. The summed E-state index contributed by atoms with van der Waals surface area (Å²) in [6.45, 7) is 5.90. The maximum absolute atomic E-state index is 8.87. The monoisotopic (exact) mass is 301 g/mol. The molecule has 2 rings (SSSR count). The number of anilines is 1. The van der Waals surface area contributed by atoms with Crippen LogP contribution < -0.4 is 4.90 Å². The summed E-state index contributed by atoms with van der Waals surface area (Å²) < 4.78 is 0. The molecule has 0 aliphatic carbocycles. The number of hydrogen-bond acceptors (Lipinski definition) is 3. The van der Waals surface area contributed by atoms with Crippen molar-refractivity contribution in [2.45, 2.75) is 20.4 Å². The average Bonchev–Trinajstić information content (AvgIpc) is 2.59. The maximum atomic E-state index is 8.87. The van der Waals surface area contributed by atoms with Crippen LogP contribution in [0.4, 0.5) is 5.69 Å². The zero-order valence-corrected chi connectivity index (χ0v) is 13.5. The fourth-order valence-corrected chi connectivity index (χ4v) is 2.45. The van der Waals surface area contributed by atoms with E-state index in [0.29, 0.717) is 0 Å². The first-order valence-corrected chi connectivity index (χ1v) is 7.59. The fourth-order valence-electron chi connectivity index (χ4n) is 2.45. The Bertz CT molecular complexity index is 761. The van der Waals surface area contributed by atoms with Gasteiger partial charge in [0.15, 0.2) is 0 Å². The van der Waals surface area contributed by atoms with E-state index in [1.54, 1.807) is 6.08 Å². The Labute approximate surface area is 137 Å². The highest BCUT2D eigenvalue weighted by atomic mass is 15.1. The van der Waals surface area contributed by atoms with Gasteiger partial charge in [-0.05, 0) is 48.7 Å². The van der Waals surface area contributed by atoms with Gasteiger partial charge in [0.25, 0.3) is 0 Å². The van der Waals surface area contributed by atoms with Gasteiger partial charge in [0.1, 0.15) is 17.7 Å². The lowest BCUT2D eigenvalue weighted by Crippen LogP contribution is -2.22. The highest BCUT2D eigenvalue weighted by Gasteiger charge is 2.07. The van der Waals surface area contributed by atoms with E-state index in [0.717, 1.165) is 29.9 Å². The SMILES string of the molecule is CCN(Cc1ccccc1)c1ccc(C=C(C#N)C#N)c(C)c1. The predicted octanol–water partition coefficient (Wildman–Crippen LogP) is 4.45. The molecule has 3 nitrogen and oxygen atoms in total. The van der Waals surface area contributed by atoms with Crippen LogP contribution in [-0.4, -0.2) is 6.54 Å². The predicted molar refractivity (Wildman–Crippen MR) is 93.5 cm³/mol. The lowest BCUT2D eigenvalue weighted by atomic mass is 10.0. The van der Waals surface area contributed by atoms with Crippen LogP contribution in [0.5, 0.6) is 0 Å². The van der Waals surface area contributed by atoms with Crippen LogP contribution in [0, 0.1) is 29.6 Å². The van der Waals surface area contributed by atoms with Gasteiger partial charge >= 0.3 is 0 Å². The first-order chi connectivity index (χ1) is 11.2. The molecule has 2 aromatic carbocycles. The summed E-state index contributed by atoms with van der Waals surface area (Å²) in [6.07, 6.45) is 1.63. The molecule has 0 heterocycles. The first kappa shape index (κ1) is 16.3. The van der Waals surface area contributed by atoms with Crippen molar-refractivity contribution < 1.29 is 0 Å². The molecule has 114 valence electrons. The van der Waals surface area contributed by atoms with E-state index in [2.05, 4.69) is 30.0 Å². The molecule has 0 aromatic heterocycles. The third-order valence-electron chi connectivity index (χ3n) is 3.76. The van der Waals surface area contributed by atoms with Gasteiger partial charge in [0.2, 0.25) is 0 Å². The van der Waals surface area contributed by atoms with E-state index in [9.17, 15) is 0 Å². The molecule has 0 saturated heterocycles. The van der Waals surface area contributed by atoms with Gasteiger partial charge in [-0.25, -0.2) is 0 Å². The Kier molecular flexibility index (Phi) is 5.56. The Morgan fingerprint density at radius 2 is 1.78 bits per heavy atom. The van der Waals surface area contributed by atoms with E-state index in [1.165, 1.54) is 5.56 Å². The molecule has 0 radical (unpaired) electrons. The van der Waals surface area contributed by atoms with Crippen molar-refractivity contribution in [3.05, 3.63) is 70.8 Å². The van der Waals surface area contributed by atoms with Crippen LogP contribution in [0.1, 0.15) is 23.6 Å². The number of nitriles is 2. The first-order valence-electron chi connectivity index (χ1n) is 7.59. The molecule has 0 N–H and O–H groups in total. The molecule has 23 heavy (non-hydrogen) atoms. The molecule has 0 spiro atoms. The van der Waals surface area contributed by atoms with Gasteiger partial charge in [0.05, 0.1) is 0 Å². The Balaban J connectivity index is 2.26. The van der Waals surface area contributed by atoms with Crippen molar-refractivity contribution in [2.75, 3.05) is 11.4 Å². The summed E-state index contributed by atoms with van der Waals surface area (Å²) in [5.41, 5.74) is 4.49. The third kappa shape index (κ3) is 4.22. The van der Waals surface area contributed by atoms with E-state index in [-0.39, 0.29) is 5.57 Å². The molecule has 0 fully saturated rings. The van der Waals surface area contributed by atoms with Crippen molar-refractivity contribution in [1.82, 2.24) is 0 Å². The average molecular weight is 301 g/mol. The second kappa shape index (κ2) is 7.82. The molecule has 0 unspecified atom stereocenters. The highest BCUT2D eigenvalue weighted by molar-refractivity contribution is 5.66. The molecule has 3 heteroatoms. The number of aryl methyl sites for hydroxylation is 1. The van der Waals surface area contributed by atoms with Crippen molar-refractivity contribution in [3.63, 3.8) is 0 Å². The minimum absolute atomic E-state index is 0.123. The van der Waals surface area contributed by atoms with Crippen molar-refractivity contribution in [1.29, 1.82) is 10.5 Å². The summed E-state index contributed by atoms with van der Waals surface area (Å²) in [5, 5.41) is 17.7. The molecular formula is C20H19N3. The van der Waals surface area contributed by atoms with Gasteiger partial charge in [-0.2, -0.15) is 10.5 Å². The largest absolute Gasteiger partial charge is 0.367 e. The molecule has 0 saturated carbocycles. The Morgan fingerprint density at radius 3 is 2.35 bits per heavy atom. The van der Waals surface area contributed by atoms with Crippen molar-refractivity contribution in [3.8, 4) is 12.1 Å². The van der Waals surface area contributed by atoms with Crippen LogP contribution in [0.3, 0.4) is 0 Å². The van der Waals surface area contributed by atoms with E-state index < -0.39 is 0 Å². The summed E-state index contributed by atoms with van der Waals surface area (Å²) in [5.74, 6) is 0. The van der Waals surface area contributed by atoms with E-state index >= 15 is 0 Å². The molecule has 0 aliphatic rings. The van der Waals surface area contributed by atoms with Crippen LogP contribution in [0.25, 0.3) is 6.08 Å². The number of nitrogens with zero attached hydrogens (tertiary/aromatic N) is 3. The van der Waals surface area contributed by atoms with Crippen molar-refractivity contribution in [2.24, 2.45) is 0 Å². The summed E-state index contributed by atoms with van der Waals surface area (Å²) in [4.78, 5) is 2.30. The quantitative estimate of drug-likeness (QED) is 0.766. The molecule has 0 bridgehead atoms. The zero-order chi connectivity index (χ0) is 16.7. The lowest BCUT2D eigenvalue weighted by molar-refractivity contribution is 0.831. The number of rotatable bonds is 5. The van der Waals surface area contributed by atoms with E-state index in [4.69, 9.17) is 10.5 Å². The van der Waals surface area contributed by atoms with Crippen LogP contribution in [-0.2, 0) is 6.54 Å². The summed E-state index contributed by atoms with van der Waals surface area (Å²) >= 11 is 0. The van der Waals surface area contributed by atoms with Crippen LogP contribution in [0.15, 0.2) is 54.1 Å².